The van der Waals surface area contributed by atoms with Crippen molar-refractivity contribution in [2.45, 2.75) is 53.4 Å². The fraction of sp³-hybridized carbons (Fsp3) is 0.550. The minimum atomic E-state index is -0.197. The molecule has 1 heterocycles. The zero-order valence-corrected chi connectivity index (χ0v) is 16.4. The molecule has 0 bridgehead atoms. The number of hydrogen-bond donors (Lipinski definition) is 1. The van der Waals surface area contributed by atoms with Crippen LogP contribution in [0.2, 0.25) is 0 Å². The van der Waals surface area contributed by atoms with Crippen LogP contribution >= 0.6 is 0 Å². The van der Waals surface area contributed by atoms with Gasteiger partial charge in [0.25, 0.3) is 5.91 Å². The van der Waals surface area contributed by atoms with Gasteiger partial charge < -0.3 is 9.64 Å². The molecule has 1 aliphatic heterocycles. The van der Waals surface area contributed by atoms with E-state index < -0.39 is 0 Å². The van der Waals surface area contributed by atoms with Gasteiger partial charge in [0, 0.05) is 24.6 Å². The first-order chi connectivity index (χ1) is 12.3. The highest BCUT2D eigenvalue weighted by molar-refractivity contribution is 6.54. The number of amides is 2. The molecule has 26 heavy (non-hydrogen) atoms. The van der Waals surface area contributed by atoms with Gasteiger partial charge in [0.2, 0.25) is 5.91 Å². The average Bonchev–Trinajstić information content (AvgIpc) is 2.82. The third-order valence-corrected chi connectivity index (χ3v) is 4.17. The molecule has 0 fully saturated rings. The Kier molecular flexibility index (Phi) is 6.40. The second-order valence-electron chi connectivity index (χ2n) is 7.78. The first kappa shape index (κ1) is 19.9. The van der Waals surface area contributed by atoms with Gasteiger partial charge in [-0.15, -0.1) is 0 Å². The zero-order chi connectivity index (χ0) is 19.3. The van der Waals surface area contributed by atoms with Crippen molar-refractivity contribution in [2.24, 2.45) is 10.5 Å². The van der Waals surface area contributed by atoms with Crippen LogP contribution in [0.3, 0.4) is 0 Å². The van der Waals surface area contributed by atoms with E-state index >= 15 is 0 Å². The van der Waals surface area contributed by atoms with Crippen molar-refractivity contribution in [1.82, 2.24) is 5.43 Å². The molecule has 0 saturated heterocycles. The van der Waals surface area contributed by atoms with Crippen LogP contribution < -0.4 is 15.1 Å². The summed E-state index contributed by atoms with van der Waals surface area (Å²) in [6, 6.07) is 5.47. The van der Waals surface area contributed by atoms with E-state index in [1.54, 1.807) is 18.1 Å². The Morgan fingerprint density at radius 1 is 1.27 bits per heavy atom. The maximum absolute atomic E-state index is 12.9. The summed E-state index contributed by atoms with van der Waals surface area (Å²) in [6.45, 7) is 8.70. The molecule has 1 aromatic rings. The maximum atomic E-state index is 12.9. The number of carbonyl (C=O) groups excluding carboxylic acids is 2. The van der Waals surface area contributed by atoms with Gasteiger partial charge in [0.1, 0.15) is 5.75 Å². The first-order valence-corrected chi connectivity index (χ1v) is 9.13. The predicted molar refractivity (Wildman–Crippen MR) is 104 cm³/mol. The molecule has 6 nitrogen and oxygen atoms in total. The van der Waals surface area contributed by atoms with Gasteiger partial charge in [-0.25, -0.2) is 5.43 Å². The number of nitrogens with zero attached hydrogens (tertiary/aromatic N) is 2. The van der Waals surface area contributed by atoms with E-state index in [4.69, 9.17) is 4.74 Å². The van der Waals surface area contributed by atoms with Gasteiger partial charge in [0.15, 0.2) is 5.71 Å². The van der Waals surface area contributed by atoms with Gasteiger partial charge in [-0.2, -0.15) is 5.10 Å². The Morgan fingerprint density at radius 3 is 2.62 bits per heavy atom. The van der Waals surface area contributed by atoms with Crippen molar-refractivity contribution >= 4 is 23.2 Å². The summed E-state index contributed by atoms with van der Waals surface area (Å²) in [5.41, 5.74) is 4.19. The molecular formula is C20H29N3O3. The number of unbranched alkanes of at least 4 members (excludes halogenated alkanes) is 2. The molecule has 1 aliphatic rings. The fourth-order valence-corrected chi connectivity index (χ4v) is 2.90. The molecule has 1 N–H and O–H groups in total. The van der Waals surface area contributed by atoms with Crippen molar-refractivity contribution in [3.05, 3.63) is 23.8 Å². The summed E-state index contributed by atoms with van der Waals surface area (Å²) < 4.78 is 5.29. The summed E-state index contributed by atoms with van der Waals surface area (Å²) in [4.78, 5) is 26.6. The maximum Gasteiger partial charge on any atom is 0.279 e. The lowest BCUT2D eigenvalue weighted by Crippen LogP contribution is -2.33. The number of rotatable bonds is 7. The number of ether oxygens (including phenoxy) is 1. The molecule has 1 aromatic carbocycles. The molecule has 0 aromatic heterocycles. The molecule has 6 heteroatoms. The van der Waals surface area contributed by atoms with E-state index in [1.807, 2.05) is 32.9 Å². The lowest BCUT2D eigenvalue weighted by atomic mass is 9.92. The highest BCUT2D eigenvalue weighted by Gasteiger charge is 2.34. The van der Waals surface area contributed by atoms with Crippen LogP contribution in [0.4, 0.5) is 5.69 Å². The summed E-state index contributed by atoms with van der Waals surface area (Å²) in [7, 11) is 1.60. The SMILES string of the molecule is CCCCCN1C(=O)C(=NNC(=O)CC(C)(C)C)c2ccc(OC)cc21. The smallest absolute Gasteiger partial charge is 0.279 e. The molecule has 0 atom stereocenters. The molecule has 2 amide bonds. The average molecular weight is 359 g/mol. The summed E-state index contributed by atoms with van der Waals surface area (Å²) >= 11 is 0. The molecule has 0 radical (unpaired) electrons. The number of hydrogen-bond acceptors (Lipinski definition) is 4. The predicted octanol–water partition coefficient (Wildman–Crippen LogP) is 3.49. The third-order valence-electron chi connectivity index (χ3n) is 4.17. The van der Waals surface area contributed by atoms with Gasteiger partial charge in [-0.1, -0.05) is 40.5 Å². The zero-order valence-electron chi connectivity index (χ0n) is 16.4. The lowest BCUT2D eigenvalue weighted by Gasteiger charge is -2.17. The monoisotopic (exact) mass is 359 g/mol. The van der Waals surface area contributed by atoms with Gasteiger partial charge in [0.05, 0.1) is 12.8 Å². The number of hydrazone groups is 1. The number of benzene rings is 1. The normalized spacial score (nSPS) is 15.3. The van der Waals surface area contributed by atoms with Crippen LogP contribution in [-0.4, -0.2) is 31.2 Å². The second kappa shape index (κ2) is 8.34. The Morgan fingerprint density at radius 2 is 2.00 bits per heavy atom. The number of anilines is 1. The van der Waals surface area contributed by atoms with E-state index in [2.05, 4.69) is 17.5 Å². The van der Waals surface area contributed by atoms with Gasteiger partial charge in [-0.3, -0.25) is 9.59 Å². The number of fused-ring (bicyclic) bond motifs is 1. The third kappa shape index (κ3) is 4.84. The topological polar surface area (TPSA) is 71.0 Å². The van der Waals surface area contributed by atoms with Crippen molar-refractivity contribution in [3.63, 3.8) is 0 Å². The summed E-state index contributed by atoms with van der Waals surface area (Å²) in [5, 5.41) is 4.15. The van der Waals surface area contributed by atoms with Crippen LogP contribution in [0.1, 0.15) is 58.9 Å². The summed E-state index contributed by atoms with van der Waals surface area (Å²) in [6.07, 6.45) is 3.39. The highest BCUT2D eigenvalue weighted by Crippen LogP contribution is 2.33. The van der Waals surface area contributed by atoms with Crippen molar-refractivity contribution in [1.29, 1.82) is 0 Å². The van der Waals surface area contributed by atoms with Crippen molar-refractivity contribution in [3.8, 4) is 5.75 Å². The quantitative estimate of drug-likeness (QED) is 0.598. The molecule has 0 saturated carbocycles. The van der Waals surface area contributed by atoms with E-state index in [9.17, 15) is 9.59 Å². The number of carbonyl (C=O) groups is 2. The van der Waals surface area contributed by atoms with Crippen LogP contribution in [0.5, 0.6) is 5.75 Å². The molecule has 0 spiro atoms. The minimum Gasteiger partial charge on any atom is -0.497 e. The molecule has 0 aliphatic carbocycles. The van der Waals surface area contributed by atoms with Crippen molar-refractivity contribution < 1.29 is 14.3 Å². The van der Waals surface area contributed by atoms with Crippen LogP contribution in [0.25, 0.3) is 0 Å². The van der Waals surface area contributed by atoms with Gasteiger partial charge >= 0.3 is 0 Å². The Balaban J connectivity index is 2.26. The molecule has 0 unspecified atom stereocenters. The van der Waals surface area contributed by atoms with Gasteiger partial charge in [-0.05, 0) is 24.0 Å². The standard InChI is InChI=1S/C20H29N3O3/c1-6-7-8-11-23-16-12-14(26-5)9-10-15(16)18(19(23)25)22-21-17(24)13-20(2,3)4/h9-10,12H,6-8,11,13H2,1-5H3,(H,21,24). The first-order valence-electron chi connectivity index (χ1n) is 9.13. The minimum absolute atomic E-state index is 0.137. The Bertz CT molecular complexity index is 705. The van der Waals surface area contributed by atoms with E-state index in [0.717, 1.165) is 30.5 Å². The highest BCUT2D eigenvalue weighted by atomic mass is 16.5. The Labute approximate surface area is 155 Å². The van der Waals surface area contributed by atoms with Crippen LogP contribution in [0, 0.1) is 5.41 Å². The number of methoxy groups -OCH3 is 1. The Hall–Kier alpha value is -2.37. The second-order valence-corrected chi connectivity index (χ2v) is 7.78. The van der Waals surface area contributed by atoms with E-state index in [-0.39, 0.29) is 22.9 Å². The largest absolute Gasteiger partial charge is 0.497 e. The lowest BCUT2D eigenvalue weighted by molar-refractivity contribution is -0.122. The van der Waals surface area contributed by atoms with E-state index in [1.165, 1.54) is 0 Å². The molecule has 142 valence electrons. The molecule has 2 rings (SSSR count). The van der Waals surface area contributed by atoms with Crippen molar-refractivity contribution in [2.75, 3.05) is 18.6 Å². The summed E-state index contributed by atoms with van der Waals surface area (Å²) in [5.74, 6) is 0.313. The molecular weight excluding hydrogens is 330 g/mol. The number of nitrogens with one attached hydrogen (secondary N) is 1. The fourth-order valence-electron chi connectivity index (χ4n) is 2.90. The van der Waals surface area contributed by atoms with E-state index in [0.29, 0.717) is 18.7 Å². The van der Waals surface area contributed by atoms with Crippen LogP contribution in [0.15, 0.2) is 23.3 Å². The van der Waals surface area contributed by atoms with Crippen LogP contribution in [-0.2, 0) is 9.59 Å².